The van der Waals surface area contributed by atoms with E-state index >= 15 is 0 Å². The number of nitrogens with zero attached hydrogens (tertiary/aromatic N) is 6. The largest absolute Gasteiger partial charge is 0.493 e. The Labute approximate surface area is 192 Å². The number of hydrogen-bond acceptors (Lipinski definition) is 7. The zero-order valence-corrected chi connectivity index (χ0v) is 19.6. The first-order chi connectivity index (χ1) is 15.9. The molecule has 2 aromatic heterocycles. The molecule has 0 spiro atoms. The van der Waals surface area contributed by atoms with Crippen molar-refractivity contribution in [3.8, 4) is 11.5 Å². The number of para-hydroxylation sites is 2. The first kappa shape index (κ1) is 22.6. The molecular formula is C23H30N6O4. The van der Waals surface area contributed by atoms with Gasteiger partial charge in [0.2, 0.25) is 5.95 Å². The number of carbonyl (C=O) groups is 1. The number of methoxy groups -OCH3 is 1. The highest BCUT2D eigenvalue weighted by Gasteiger charge is 2.26. The van der Waals surface area contributed by atoms with Gasteiger partial charge in [0.25, 0.3) is 11.5 Å². The topological polar surface area (TPSA) is 94.7 Å². The summed E-state index contributed by atoms with van der Waals surface area (Å²) in [5.74, 6) is 1.69. The van der Waals surface area contributed by atoms with E-state index in [1.165, 1.54) is 0 Å². The number of amides is 1. The molecule has 0 atom stereocenters. The predicted octanol–water partition coefficient (Wildman–Crippen LogP) is 1.58. The monoisotopic (exact) mass is 454 g/mol. The van der Waals surface area contributed by atoms with Gasteiger partial charge in [0, 0.05) is 39.8 Å². The van der Waals surface area contributed by atoms with Crippen molar-refractivity contribution in [1.29, 1.82) is 0 Å². The molecule has 1 aromatic carbocycles. The van der Waals surface area contributed by atoms with Gasteiger partial charge in [-0.25, -0.2) is 4.98 Å². The summed E-state index contributed by atoms with van der Waals surface area (Å²) in [4.78, 5) is 34.6. The summed E-state index contributed by atoms with van der Waals surface area (Å²) in [6, 6.07) is 7.26. The highest BCUT2D eigenvalue weighted by molar-refractivity contribution is 5.79. The molecule has 10 nitrogen and oxygen atoms in total. The van der Waals surface area contributed by atoms with E-state index in [2.05, 4.69) is 10.00 Å². The van der Waals surface area contributed by atoms with Gasteiger partial charge in [-0.05, 0) is 25.5 Å². The summed E-state index contributed by atoms with van der Waals surface area (Å²) in [6.07, 6.45) is 0.815. The molecule has 0 bridgehead atoms. The van der Waals surface area contributed by atoms with Gasteiger partial charge < -0.3 is 19.3 Å². The molecule has 1 aliphatic rings. The SMILES string of the molecule is CCCn1c(N2CCN(C(=O)COc3ccccc3OC)CC2)nc2c(C)nn(C)c2c1=O. The molecular weight excluding hydrogens is 424 g/mol. The standard InChI is InChI=1S/C23H30N6O4/c1-5-10-29-22(31)21-20(16(2)25-26(21)3)24-23(29)28-13-11-27(12-14-28)19(30)15-33-18-9-7-6-8-17(18)32-4/h6-9H,5,10-15H2,1-4H3. The fourth-order valence-corrected chi connectivity index (χ4v) is 4.19. The lowest BCUT2D eigenvalue weighted by atomic mass is 10.3. The van der Waals surface area contributed by atoms with Crippen molar-refractivity contribution in [1.82, 2.24) is 24.2 Å². The Morgan fingerprint density at radius 1 is 1.12 bits per heavy atom. The molecule has 0 unspecified atom stereocenters. The first-order valence-corrected chi connectivity index (χ1v) is 11.2. The van der Waals surface area contributed by atoms with Gasteiger partial charge in [-0.3, -0.25) is 18.8 Å². The van der Waals surface area contributed by atoms with Gasteiger partial charge in [-0.15, -0.1) is 0 Å². The maximum atomic E-state index is 13.2. The Bertz CT molecular complexity index is 1210. The van der Waals surface area contributed by atoms with Crippen molar-refractivity contribution in [2.24, 2.45) is 7.05 Å². The van der Waals surface area contributed by atoms with Crippen LogP contribution in [0.5, 0.6) is 11.5 Å². The fraction of sp³-hybridized carbons (Fsp3) is 0.478. The molecule has 0 radical (unpaired) electrons. The third-order valence-corrected chi connectivity index (χ3v) is 5.87. The van der Waals surface area contributed by atoms with Crippen molar-refractivity contribution in [3.63, 3.8) is 0 Å². The van der Waals surface area contributed by atoms with Crippen LogP contribution < -0.4 is 19.9 Å². The number of carbonyl (C=O) groups excluding carboxylic acids is 1. The van der Waals surface area contributed by atoms with Crippen LogP contribution in [0.1, 0.15) is 19.0 Å². The molecule has 1 saturated heterocycles. The normalized spacial score (nSPS) is 14.1. The lowest BCUT2D eigenvalue weighted by Gasteiger charge is -2.36. The molecule has 3 aromatic rings. The summed E-state index contributed by atoms with van der Waals surface area (Å²) in [6.45, 7) is 6.64. The number of piperazine rings is 1. The predicted molar refractivity (Wildman–Crippen MR) is 125 cm³/mol. The van der Waals surface area contributed by atoms with Crippen LogP contribution in [-0.2, 0) is 18.4 Å². The number of aryl methyl sites for hydroxylation is 2. The Morgan fingerprint density at radius 2 is 1.82 bits per heavy atom. The van der Waals surface area contributed by atoms with E-state index in [0.29, 0.717) is 61.2 Å². The van der Waals surface area contributed by atoms with Crippen LogP contribution in [0.2, 0.25) is 0 Å². The molecule has 10 heteroatoms. The Balaban J connectivity index is 1.47. The molecule has 0 N–H and O–H groups in total. The van der Waals surface area contributed by atoms with Crippen LogP contribution in [0.25, 0.3) is 11.0 Å². The second-order valence-electron chi connectivity index (χ2n) is 8.08. The maximum absolute atomic E-state index is 13.2. The van der Waals surface area contributed by atoms with E-state index in [9.17, 15) is 9.59 Å². The lowest BCUT2D eigenvalue weighted by molar-refractivity contribution is -0.133. The second kappa shape index (κ2) is 9.51. The minimum Gasteiger partial charge on any atom is -0.493 e. The fourth-order valence-electron chi connectivity index (χ4n) is 4.19. The van der Waals surface area contributed by atoms with Crippen molar-refractivity contribution in [2.75, 3.05) is 44.8 Å². The summed E-state index contributed by atoms with van der Waals surface area (Å²) in [7, 11) is 3.34. The summed E-state index contributed by atoms with van der Waals surface area (Å²) < 4.78 is 14.3. The molecule has 1 amide bonds. The summed E-state index contributed by atoms with van der Waals surface area (Å²) in [5, 5.41) is 4.38. The first-order valence-electron chi connectivity index (χ1n) is 11.2. The van der Waals surface area contributed by atoms with Gasteiger partial charge in [0.05, 0.1) is 12.8 Å². The van der Waals surface area contributed by atoms with Gasteiger partial charge >= 0.3 is 0 Å². The molecule has 0 aliphatic carbocycles. The van der Waals surface area contributed by atoms with Crippen LogP contribution in [0.15, 0.2) is 29.1 Å². The highest BCUT2D eigenvalue weighted by atomic mass is 16.5. The van der Waals surface area contributed by atoms with Crippen molar-refractivity contribution >= 4 is 22.9 Å². The van der Waals surface area contributed by atoms with Crippen molar-refractivity contribution < 1.29 is 14.3 Å². The number of rotatable bonds is 7. The highest BCUT2D eigenvalue weighted by Crippen LogP contribution is 2.26. The van der Waals surface area contributed by atoms with E-state index in [4.69, 9.17) is 14.5 Å². The van der Waals surface area contributed by atoms with Crippen molar-refractivity contribution in [3.05, 3.63) is 40.3 Å². The van der Waals surface area contributed by atoms with E-state index < -0.39 is 0 Å². The summed E-state index contributed by atoms with van der Waals surface area (Å²) in [5.41, 5.74) is 1.81. The van der Waals surface area contributed by atoms with Crippen LogP contribution in [0.3, 0.4) is 0 Å². The van der Waals surface area contributed by atoms with Crippen LogP contribution in [0, 0.1) is 6.92 Å². The zero-order chi connectivity index (χ0) is 23.5. The smallest absolute Gasteiger partial charge is 0.281 e. The Hall–Kier alpha value is -3.56. The minimum absolute atomic E-state index is 0.0556. The third kappa shape index (κ3) is 4.37. The number of fused-ring (bicyclic) bond motifs is 1. The zero-order valence-electron chi connectivity index (χ0n) is 19.6. The average Bonchev–Trinajstić information content (AvgIpc) is 3.12. The lowest BCUT2D eigenvalue weighted by Crippen LogP contribution is -2.51. The number of anilines is 1. The van der Waals surface area contributed by atoms with Gasteiger partial charge in [-0.2, -0.15) is 5.10 Å². The molecule has 4 rings (SSSR count). The average molecular weight is 455 g/mol. The molecule has 1 aliphatic heterocycles. The van der Waals surface area contributed by atoms with Gasteiger partial charge in [-0.1, -0.05) is 19.1 Å². The number of aromatic nitrogens is 4. The van der Waals surface area contributed by atoms with Crippen LogP contribution in [0.4, 0.5) is 5.95 Å². The summed E-state index contributed by atoms with van der Waals surface area (Å²) >= 11 is 0. The molecule has 3 heterocycles. The molecule has 1 fully saturated rings. The second-order valence-corrected chi connectivity index (χ2v) is 8.08. The van der Waals surface area contributed by atoms with Crippen LogP contribution >= 0.6 is 0 Å². The van der Waals surface area contributed by atoms with E-state index in [-0.39, 0.29) is 18.1 Å². The quantitative estimate of drug-likeness (QED) is 0.535. The Kier molecular flexibility index (Phi) is 6.52. The number of hydrogen-bond donors (Lipinski definition) is 0. The molecule has 0 saturated carbocycles. The Morgan fingerprint density at radius 3 is 2.48 bits per heavy atom. The number of benzene rings is 1. The molecule has 176 valence electrons. The van der Waals surface area contributed by atoms with E-state index in [1.54, 1.807) is 40.4 Å². The third-order valence-electron chi connectivity index (χ3n) is 5.87. The number of ether oxygens (including phenoxy) is 2. The van der Waals surface area contributed by atoms with Gasteiger partial charge in [0.15, 0.2) is 23.6 Å². The van der Waals surface area contributed by atoms with E-state index in [0.717, 1.165) is 12.1 Å². The van der Waals surface area contributed by atoms with Gasteiger partial charge in [0.1, 0.15) is 5.52 Å². The minimum atomic E-state index is -0.0852. The molecule has 33 heavy (non-hydrogen) atoms. The van der Waals surface area contributed by atoms with Crippen LogP contribution in [-0.4, -0.2) is 70.0 Å². The van der Waals surface area contributed by atoms with Crippen molar-refractivity contribution in [2.45, 2.75) is 26.8 Å². The van der Waals surface area contributed by atoms with E-state index in [1.807, 2.05) is 26.0 Å². The maximum Gasteiger partial charge on any atom is 0.281 e.